The SMILES string of the molecule is CCN1CCCC(CN2CC(Oc3ccccc3F)C2)C1. The van der Waals surface area contributed by atoms with E-state index in [1.807, 2.05) is 6.07 Å². The summed E-state index contributed by atoms with van der Waals surface area (Å²) in [5, 5.41) is 0. The van der Waals surface area contributed by atoms with Crippen molar-refractivity contribution in [2.45, 2.75) is 25.9 Å². The molecule has 2 aliphatic heterocycles. The van der Waals surface area contributed by atoms with Gasteiger partial charge in [0, 0.05) is 26.2 Å². The fourth-order valence-electron chi connectivity index (χ4n) is 3.42. The van der Waals surface area contributed by atoms with Crippen molar-refractivity contribution in [3.63, 3.8) is 0 Å². The second-order valence-corrected chi connectivity index (χ2v) is 6.29. The van der Waals surface area contributed by atoms with Crippen LogP contribution in [0.15, 0.2) is 24.3 Å². The Morgan fingerprint density at radius 3 is 2.76 bits per heavy atom. The van der Waals surface area contributed by atoms with Crippen LogP contribution in [0.4, 0.5) is 4.39 Å². The molecule has 1 unspecified atom stereocenters. The average molecular weight is 292 g/mol. The van der Waals surface area contributed by atoms with Crippen molar-refractivity contribution < 1.29 is 9.13 Å². The highest BCUT2D eigenvalue weighted by molar-refractivity contribution is 5.24. The second-order valence-electron chi connectivity index (χ2n) is 6.29. The van der Waals surface area contributed by atoms with Crippen molar-refractivity contribution in [1.82, 2.24) is 9.80 Å². The van der Waals surface area contributed by atoms with E-state index < -0.39 is 0 Å². The zero-order valence-corrected chi connectivity index (χ0v) is 12.8. The molecule has 0 N–H and O–H groups in total. The molecule has 21 heavy (non-hydrogen) atoms. The van der Waals surface area contributed by atoms with Crippen LogP contribution in [-0.4, -0.2) is 55.2 Å². The van der Waals surface area contributed by atoms with Crippen LogP contribution in [0.2, 0.25) is 0 Å². The van der Waals surface area contributed by atoms with Crippen LogP contribution in [0.25, 0.3) is 0 Å². The molecule has 116 valence electrons. The van der Waals surface area contributed by atoms with Gasteiger partial charge in [0.05, 0.1) is 0 Å². The minimum atomic E-state index is -0.262. The van der Waals surface area contributed by atoms with Crippen LogP contribution < -0.4 is 4.74 Å². The van der Waals surface area contributed by atoms with E-state index in [0.717, 1.165) is 32.1 Å². The van der Waals surface area contributed by atoms with Gasteiger partial charge in [-0.05, 0) is 44.0 Å². The summed E-state index contributed by atoms with van der Waals surface area (Å²) in [6, 6.07) is 6.67. The largest absolute Gasteiger partial charge is 0.485 e. The number of nitrogens with zero attached hydrogens (tertiary/aromatic N) is 2. The molecule has 3 rings (SSSR count). The summed E-state index contributed by atoms with van der Waals surface area (Å²) >= 11 is 0. The monoisotopic (exact) mass is 292 g/mol. The Kier molecular flexibility index (Phi) is 4.76. The minimum absolute atomic E-state index is 0.146. The van der Waals surface area contributed by atoms with Crippen molar-refractivity contribution in [3.8, 4) is 5.75 Å². The highest BCUT2D eigenvalue weighted by Crippen LogP contribution is 2.24. The van der Waals surface area contributed by atoms with Crippen LogP contribution >= 0.6 is 0 Å². The van der Waals surface area contributed by atoms with E-state index in [0.29, 0.717) is 5.75 Å². The fourth-order valence-corrected chi connectivity index (χ4v) is 3.42. The summed E-state index contributed by atoms with van der Waals surface area (Å²) < 4.78 is 19.2. The number of benzene rings is 1. The zero-order valence-electron chi connectivity index (χ0n) is 12.8. The molecule has 2 aliphatic rings. The maximum absolute atomic E-state index is 13.5. The molecular formula is C17H25FN2O. The Bertz CT molecular complexity index is 462. The lowest BCUT2D eigenvalue weighted by Gasteiger charge is -2.42. The van der Waals surface area contributed by atoms with Crippen LogP contribution in [0.3, 0.4) is 0 Å². The molecule has 4 heteroatoms. The Hall–Kier alpha value is -1.13. The molecule has 0 radical (unpaired) electrons. The Morgan fingerprint density at radius 1 is 1.19 bits per heavy atom. The van der Waals surface area contributed by atoms with E-state index in [1.165, 1.54) is 32.0 Å². The normalized spacial score (nSPS) is 24.8. The number of ether oxygens (including phenoxy) is 1. The predicted octanol–water partition coefficient (Wildman–Crippen LogP) is 2.62. The van der Waals surface area contributed by atoms with Crippen molar-refractivity contribution >= 4 is 0 Å². The first-order valence-electron chi connectivity index (χ1n) is 8.10. The summed E-state index contributed by atoms with van der Waals surface area (Å²) in [5.74, 6) is 0.909. The molecule has 1 aromatic carbocycles. The third-order valence-corrected chi connectivity index (χ3v) is 4.62. The molecule has 0 amide bonds. The first kappa shape index (κ1) is 14.8. The van der Waals surface area contributed by atoms with Crippen LogP contribution in [0, 0.1) is 11.7 Å². The van der Waals surface area contributed by atoms with E-state index in [9.17, 15) is 4.39 Å². The van der Waals surface area contributed by atoms with E-state index in [2.05, 4.69) is 16.7 Å². The van der Waals surface area contributed by atoms with E-state index in [1.54, 1.807) is 12.1 Å². The maximum Gasteiger partial charge on any atom is 0.165 e. The first-order valence-corrected chi connectivity index (χ1v) is 8.10. The lowest BCUT2D eigenvalue weighted by atomic mass is 9.96. The van der Waals surface area contributed by atoms with Crippen molar-refractivity contribution in [2.24, 2.45) is 5.92 Å². The molecular weight excluding hydrogens is 267 g/mol. The van der Waals surface area contributed by atoms with Gasteiger partial charge in [0.2, 0.25) is 0 Å². The van der Waals surface area contributed by atoms with Gasteiger partial charge in [-0.1, -0.05) is 19.1 Å². The fraction of sp³-hybridized carbons (Fsp3) is 0.647. The number of rotatable bonds is 5. The minimum Gasteiger partial charge on any atom is -0.485 e. The molecule has 1 atom stereocenters. The van der Waals surface area contributed by atoms with E-state index in [4.69, 9.17) is 4.74 Å². The molecule has 0 spiro atoms. The topological polar surface area (TPSA) is 15.7 Å². The number of hydrogen-bond acceptors (Lipinski definition) is 3. The number of halogens is 1. The van der Waals surface area contributed by atoms with Gasteiger partial charge in [-0.25, -0.2) is 4.39 Å². The predicted molar refractivity (Wildman–Crippen MR) is 82.1 cm³/mol. The molecule has 1 aromatic rings. The molecule has 2 heterocycles. The molecule has 0 saturated carbocycles. The summed E-state index contributed by atoms with van der Waals surface area (Å²) in [5.41, 5.74) is 0. The van der Waals surface area contributed by atoms with Crippen LogP contribution in [0.5, 0.6) is 5.75 Å². The van der Waals surface area contributed by atoms with Gasteiger partial charge in [0.25, 0.3) is 0 Å². The zero-order chi connectivity index (χ0) is 14.7. The van der Waals surface area contributed by atoms with Gasteiger partial charge in [-0.15, -0.1) is 0 Å². The summed E-state index contributed by atoms with van der Waals surface area (Å²) in [4.78, 5) is 4.98. The lowest BCUT2D eigenvalue weighted by molar-refractivity contribution is -0.0000713. The molecule has 0 aliphatic carbocycles. The van der Waals surface area contributed by atoms with Gasteiger partial charge in [-0.3, -0.25) is 4.90 Å². The third-order valence-electron chi connectivity index (χ3n) is 4.62. The summed E-state index contributed by atoms with van der Waals surface area (Å²) in [7, 11) is 0. The van der Waals surface area contributed by atoms with Gasteiger partial charge >= 0.3 is 0 Å². The summed E-state index contributed by atoms with van der Waals surface area (Å²) in [6.45, 7) is 8.90. The van der Waals surface area contributed by atoms with E-state index in [-0.39, 0.29) is 11.9 Å². The van der Waals surface area contributed by atoms with Gasteiger partial charge in [-0.2, -0.15) is 0 Å². The lowest BCUT2D eigenvalue weighted by Crippen LogP contribution is -2.56. The van der Waals surface area contributed by atoms with Crippen molar-refractivity contribution in [3.05, 3.63) is 30.1 Å². The molecule has 3 nitrogen and oxygen atoms in total. The number of para-hydroxylation sites is 1. The average Bonchev–Trinajstić information content (AvgIpc) is 2.47. The van der Waals surface area contributed by atoms with Gasteiger partial charge in [0.1, 0.15) is 6.10 Å². The maximum atomic E-state index is 13.5. The highest BCUT2D eigenvalue weighted by Gasteiger charge is 2.31. The van der Waals surface area contributed by atoms with Crippen molar-refractivity contribution in [1.29, 1.82) is 0 Å². The number of hydrogen-bond donors (Lipinski definition) is 0. The first-order chi connectivity index (χ1) is 10.2. The Morgan fingerprint density at radius 2 is 2.00 bits per heavy atom. The van der Waals surface area contributed by atoms with Crippen molar-refractivity contribution in [2.75, 3.05) is 39.3 Å². The van der Waals surface area contributed by atoms with E-state index >= 15 is 0 Å². The number of piperidine rings is 1. The van der Waals surface area contributed by atoms with Crippen LogP contribution in [0.1, 0.15) is 19.8 Å². The third kappa shape index (κ3) is 3.74. The number of likely N-dealkylation sites (tertiary alicyclic amines) is 2. The molecule has 0 aromatic heterocycles. The quantitative estimate of drug-likeness (QED) is 0.830. The van der Waals surface area contributed by atoms with Gasteiger partial charge < -0.3 is 9.64 Å². The standard InChI is InChI=1S/C17H25FN2O/c1-2-19-9-5-6-14(10-19)11-20-12-15(13-20)21-17-8-4-3-7-16(17)18/h3-4,7-8,14-15H,2,5-6,9-13H2,1H3. The second kappa shape index (κ2) is 6.75. The molecule has 0 bridgehead atoms. The smallest absolute Gasteiger partial charge is 0.165 e. The summed E-state index contributed by atoms with van der Waals surface area (Å²) in [6.07, 6.45) is 2.81. The molecule has 2 saturated heterocycles. The Labute approximate surface area is 126 Å². The van der Waals surface area contributed by atoms with Crippen LogP contribution in [-0.2, 0) is 0 Å². The van der Waals surface area contributed by atoms with Gasteiger partial charge in [0.15, 0.2) is 11.6 Å². The highest BCUT2D eigenvalue weighted by atomic mass is 19.1. The molecule has 2 fully saturated rings. The Balaban J connectivity index is 1.41.